The van der Waals surface area contributed by atoms with E-state index in [1.54, 1.807) is 18.2 Å². The van der Waals surface area contributed by atoms with Crippen LogP contribution in [0.1, 0.15) is 0 Å². The smallest absolute Gasteiger partial charge is 0.311 e. The lowest BCUT2D eigenvalue weighted by Gasteiger charge is -2.01. The second-order valence-electron chi connectivity index (χ2n) is 2.39. The van der Waals surface area contributed by atoms with Crippen LogP contribution >= 0.6 is 0 Å². The molecule has 0 heterocycles. The highest BCUT2D eigenvalue weighted by molar-refractivity contribution is 6.02. The Morgan fingerprint density at radius 1 is 1.07 bits per heavy atom. The minimum absolute atomic E-state index is 0.258. The fraction of sp³-hybridized carbons (Fsp3) is 0. The summed E-state index contributed by atoms with van der Waals surface area (Å²) in [6.07, 6.45) is -2.63. The van der Waals surface area contributed by atoms with Crippen molar-refractivity contribution in [2.75, 3.05) is 5.32 Å². The van der Waals surface area contributed by atoms with E-state index in [0.29, 0.717) is 0 Å². The second-order valence-corrected chi connectivity index (χ2v) is 2.39. The number of halogens is 3. The molecule has 1 rings (SSSR count). The summed E-state index contributed by atoms with van der Waals surface area (Å²) < 4.78 is 35.6. The number of hydrogen-bond acceptors (Lipinski definition) is 1. The van der Waals surface area contributed by atoms with Gasteiger partial charge < -0.3 is 5.32 Å². The maximum Gasteiger partial charge on any atom is 0.311 e. The van der Waals surface area contributed by atoms with Crippen molar-refractivity contribution < 1.29 is 18.0 Å². The largest absolute Gasteiger partial charge is 0.320 e. The molecule has 0 radical (unpaired) electrons. The third-order valence-electron chi connectivity index (χ3n) is 1.40. The van der Waals surface area contributed by atoms with Crippen LogP contribution < -0.4 is 5.32 Å². The molecule has 0 unspecified atom stereocenters. The van der Waals surface area contributed by atoms with Gasteiger partial charge in [-0.05, 0) is 12.1 Å². The molecular formula is C9H6F3NO. The van der Waals surface area contributed by atoms with Crippen molar-refractivity contribution in [1.82, 2.24) is 0 Å². The molecule has 0 saturated carbocycles. The van der Waals surface area contributed by atoms with Crippen LogP contribution in [0.3, 0.4) is 0 Å². The first-order chi connectivity index (χ1) is 6.61. The monoisotopic (exact) mass is 201 g/mol. The third kappa shape index (κ3) is 2.62. The number of nitrogens with one attached hydrogen (secondary N) is 1. The van der Waals surface area contributed by atoms with Crippen molar-refractivity contribution in [1.29, 1.82) is 0 Å². The van der Waals surface area contributed by atoms with Gasteiger partial charge in [0.15, 0.2) is 0 Å². The minimum Gasteiger partial charge on any atom is -0.320 e. The molecule has 1 aromatic rings. The van der Waals surface area contributed by atoms with E-state index < -0.39 is 17.8 Å². The first-order valence-electron chi connectivity index (χ1n) is 3.68. The minimum atomic E-state index is -2.63. The first-order valence-corrected chi connectivity index (χ1v) is 3.68. The summed E-state index contributed by atoms with van der Waals surface area (Å²) >= 11 is 0. The molecular weight excluding hydrogens is 195 g/mol. The highest BCUT2D eigenvalue weighted by Gasteiger charge is 2.15. The molecule has 14 heavy (non-hydrogen) atoms. The van der Waals surface area contributed by atoms with Crippen LogP contribution in [0.25, 0.3) is 0 Å². The molecule has 74 valence electrons. The van der Waals surface area contributed by atoms with Gasteiger partial charge >= 0.3 is 6.08 Å². The lowest BCUT2D eigenvalue weighted by Crippen LogP contribution is -2.12. The lowest BCUT2D eigenvalue weighted by molar-refractivity contribution is -0.114. The summed E-state index contributed by atoms with van der Waals surface area (Å²) in [4.78, 5) is 10.7. The summed E-state index contributed by atoms with van der Waals surface area (Å²) in [6, 6.07) is 7.77. The Balaban J connectivity index is 2.72. The molecule has 0 spiro atoms. The van der Waals surface area contributed by atoms with Crippen molar-refractivity contribution in [3.63, 3.8) is 0 Å². The van der Waals surface area contributed by atoms with Gasteiger partial charge in [-0.25, -0.2) is 0 Å². The summed E-state index contributed by atoms with van der Waals surface area (Å²) in [5.41, 5.74) is 0.258. The zero-order valence-corrected chi connectivity index (χ0v) is 6.93. The van der Waals surface area contributed by atoms with E-state index in [-0.39, 0.29) is 5.69 Å². The Morgan fingerprint density at radius 3 is 2.14 bits per heavy atom. The van der Waals surface area contributed by atoms with Gasteiger partial charge in [0.25, 0.3) is 11.7 Å². The number of rotatable bonds is 2. The number of hydrogen-bond donors (Lipinski definition) is 1. The second kappa shape index (κ2) is 4.45. The Hall–Kier alpha value is -1.78. The highest BCUT2D eigenvalue weighted by Crippen LogP contribution is 2.12. The van der Waals surface area contributed by atoms with Crippen LogP contribution in [0.4, 0.5) is 18.9 Å². The molecule has 0 saturated heterocycles. The Morgan fingerprint density at radius 2 is 1.64 bits per heavy atom. The Bertz CT molecular complexity index is 358. The molecule has 5 heteroatoms. The molecule has 2 nitrogen and oxygen atoms in total. The number of para-hydroxylation sites is 1. The van der Waals surface area contributed by atoms with Crippen LogP contribution in [0, 0.1) is 0 Å². The summed E-state index contributed by atoms with van der Waals surface area (Å²) in [5.74, 6) is -3.51. The standard InChI is InChI=1S/C9H6F3NO/c10-7(8(11)12)9(14)13-6-4-2-1-3-5-6/h1-5H,(H,13,14). The van der Waals surface area contributed by atoms with E-state index >= 15 is 0 Å². The van der Waals surface area contributed by atoms with E-state index in [9.17, 15) is 18.0 Å². The number of benzene rings is 1. The fourth-order valence-electron chi connectivity index (χ4n) is 0.793. The van der Waals surface area contributed by atoms with Crippen molar-refractivity contribution >= 4 is 11.6 Å². The molecule has 1 amide bonds. The van der Waals surface area contributed by atoms with Gasteiger partial charge in [-0.3, -0.25) is 4.79 Å². The zero-order valence-electron chi connectivity index (χ0n) is 6.93. The molecule has 1 aromatic carbocycles. The molecule has 0 aromatic heterocycles. The van der Waals surface area contributed by atoms with E-state index in [4.69, 9.17) is 0 Å². The van der Waals surface area contributed by atoms with Gasteiger partial charge in [0.2, 0.25) is 0 Å². The number of anilines is 1. The number of carbonyl (C=O) groups excluding carboxylic acids is 1. The SMILES string of the molecule is O=C(Nc1ccccc1)C(F)=C(F)F. The fourth-order valence-corrected chi connectivity index (χ4v) is 0.793. The predicted octanol–water partition coefficient (Wildman–Crippen LogP) is 2.70. The van der Waals surface area contributed by atoms with E-state index in [1.165, 1.54) is 12.1 Å². The van der Waals surface area contributed by atoms with Crippen molar-refractivity contribution in [3.05, 3.63) is 42.2 Å². The van der Waals surface area contributed by atoms with Crippen LogP contribution in [0.2, 0.25) is 0 Å². The van der Waals surface area contributed by atoms with Crippen molar-refractivity contribution in [2.24, 2.45) is 0 Å². The maximum absolute atomic E-state index is 12.3. The summed E-state index contributed by atoms with van der Waals surface area (Å²) in [5, 5.41) is 1.97. The van der Waals surface area contributed by atoms with Crippen molar-refractivity contribution in [3.8, 4) is 0 Å². The van der Waals surface area contributed by atoms with Gasteiger partial charge in [-0.1, -0.05) is 18.2 Å². The van der Waals surface area contributed by atoms with Gasteiger partial charge in [0.05, 0.1) is 0 Å². The van der Waals surface area contributed by atoms with Gasteiger partial charge in [-0.15, -0.1) is 0 Å². The highest BCUT2D eigenvalue weighted by atomic mass is 19.3. The average molecular weight is 201 g/mol. The average Bonchev–Trinajstić information content (AvgIpc) is 2.18. The summed E-state index contributed by atoms with van der Waals surface area (Å²) in [7, 11) is 0. The van der Waals surface area contributed by atoms with E-state index in [1.807, 2.05) is 5.32 Å². The molecule has 0 fully saturated rings. The zero-order chi connectivity index (χ0) is 10.6. The van der Waals surface area contributed by atoms with Gasteiger partial charge in [-0.2, -0.15) is 13.2 Å². The molecule has 0 aliphatic heterocycles. The number of amides is 1. The van der Waals surface area contributed by atoms with Crippen LogP contribution in [0.15, 0.2) is 42.2 Å². The van der Waals surface area contributed by atoms with Crippen LogP contribution in [0.5, 0.6) is 0 Å². The molecule has 0 bridgehead atoms. The Labute approximate surface area is 78.0 Å². The predicted molar refractivity (Wildman–Crippen MR) is 45.4 cm³/mol. The third-order valence-corrected chi connectivity index (χ3v) is 1.40. The topological polar surface area (TPSA) is 29.1 Å². The van der Waals surface area contributed by atoms with E-state index in [2.05, 4.69) is 0 Å². The van der Waals surface area contributed by atoms with Gasteiger partial charge in [0.1, 0.15) is 0 Å². The Kier molecular flexibility index (Phi) is 3.28. The summed E-state index contributed by atoms with van der Waals surface area (Å²) in [6.45, 7) is 0. The van der Waals surface area contributed by atoms with Crippen LogP contribution in [-0.2, 0) is 4.79 Å². The normalized spacial score (nSPS) is 9.36. The molecule has 0 aliphatic rings. The number of carbonyl (C=O) groups is 1. The van der Waals surface area contributed by atoms with E-state index in [0.717, 1.165) is 0 Å². The lowest BCUT2D eigenvalue weighted by atomic mass is 10.3. The first kappa shape index (κ1) is 10.3. The van der Waals surface area contributed by atoms with Gasteiger partial charge in [0, 0.05) is 5.69 Å². The van der Waals surface area contributed by atoms with Crippen molar-refractivity contribution in [2.45, 2.75) is 0 Å². The van der Waals surface area contributed by atoms with Crippen LogP contribution in [-0.4, -0.2) is 5.91 Å². The quantitative estimate of drug-likeness (QED) is 0.732. The molecule has 1 N–H and O–H groups in total. The maximum atomic E-state index is 12.3. The molecule has 0 atom stereocenters. The molecule has 0 aliphatic carbocycles.